The summed E-state index contributed by atoms with van der Waals surface area (Å²) in [4.78, 5) is 35.4. The molecule has 0 spiro atoms. The van der Waals surface area contributed by atoms with E-state index in [1.807, 2.05) is 30.3 Å². The topological polar surface area (TPSA) is 92.7 Å². The Kier molecular flexibility index (Phi) is 6.95. The Morgan fingerprint density at radius 3 is 2.25 bits per heavy atom. The Bertz CT molecular complexity index is 577. The van der Waals surface area contributed by atoms with Crippen molar-refractivity contribution < 1.29 is 24.2 Å². The summed E-state index contributed by atoms with van der Waals surface area (Å²) in [7, 11) is 0. The lowest BCUT2D eigenvalue weighted by atomic mass is 9.96. The zero-order valence-corrected chi connectivity index (χ0v) is 14.5. The number of hydrogen-bond acceptors (Lipinski definition) is 4. The molecule has 132 valence electrons. The fourth-order valence-electron chi connectivity index (χ4n) is 2.08. The molecule has 1 aromatic rings. The number of carboxylic acids is 1. The number of aliphatic carboxylic acids is 1. The van der Waals surface area contributed by atoms with Gasteiger partial charge in [0.2, 0.25) is 0 Å². The molecule has 1 rings (SSSR count). The van der Waals surface area contributed by atoms with Gasteiger partial charge in [0.1, 0.15) is 5.60 Å². The van der Waals surface area contributed by atoms with Gasteiger partial charge in [0.25, 0.3) is 0 Å². The lowest BCUT2D eigenvalue weighted by Crippen LogP contribution is -2.45. The van der Waals surface area contributed by atoms with Gasteiger partial charge in [0.05, 0.1) is 12.0 Å². The van der Waals surface area contributed by atoms with Crippen LogP contribution in [-0.2, 0) is 20.7 Å². The molecule has 0 aliphatic carbocycles. The number of carboxylic acid groups (broad SMARTS) is 1. The summed E-state index contributed by atoms with van der Waals surface area (Å²) in [5.41, 5.74) is 0.189. The van der Waals surface area contributed by atoms with Crippen LogP contribution in [0.1, 0.15) is 39.7 Å². The Hall–Kier alpha value is -2.37. The van der Waals surface area contributed by atoms with Crippen LogP contribution in [0.25, 0.3) is 0 Å². The molecule has 0 saturated heterocycles. The first kappa shape index (κ1) is 19.7. The average Bonchev–Trinajstić information content (AvgIpc) is 2.45. The molecular formula is C18H25NO5. The number of carbonyl (C=O) groups excluding carboxylic acids is 2. The number of hydrogen-bond donors (Lipinski definition) is 2. The Morgan fingerprint density at radius 2 is 1.75 bits per heavy atom. The van der Waals surface area contributed by atoms with E-state index in [0.29, 0.717) is 0 Å². The zero-order chi connectivity index (χ0) is 18.3. The molecule has 0 heterocycles. The highest BCUT2D eigenvalue weighted by Gasteiger charge is 2.27. The van der Waals surface area contributed by atoms with E-state index in [4.69, 9.17) is 9.84 Å². The Balaban J connectivity index is 2.84. The molecule has 6 nitrogen and oxygen atoms in total. The van der Waals surface area contributed by atoms with Gasteiger partial charge in [-0.25, -0.2) is 4.79 Å². The second kappa shape index (κ2) is 8.47. The van der Waals surface area contributed by atoms with Crippen LogP contribution in [0.5, 0.6) is 0 Å². The minimum Gasteiger partial charge on any atom is -0.481 e. The minimum absolute atomic E-state index is 0.150. The van der Waals surface area contributed by atoms with Crippen molar-refractivity contribution in [1.29, 1.82) is 0 Å². The number of nitrogens with one attached hydrogen (secondary N) is 1. The monoisotopic (exact) mass is 335 g/mol. The van der Waals surface area contributed by atoms with Crippen LogP contribution in [0, 0.1) is 5.92 Å². The van der Waals surface area contributed by atoms with Crippen molar-refractivity contribution in [3.63, 3.8) is 0 Å². The van der Waals surface area contributed by atoms with E-state index in [1.165, 1.54) is 6.92 Å². The highest BCUT2D eigenvalue weighted by atomic mass is 16.6. The predicted molar refractivity (Wildman–Crippen MR) is 89.7 cm³/mol. The quantitative estimate of drug-likeness (QED) is 0.799. The Morgan fingerprint density at radius 1 is 1.17 bits per heavy atom. The highest BCUT2D eigenvalue weighted by molar-refractivity contribution is 5.90. The summed E-state index contributed by atoms with van der Waals surface area (Å²) < 4.78 is 5.19. The van der Waals surface area contributed by atoms with Gasteiger partial charge in [-0.1, -0.05) is 37.3 Å². The number of amides is 1. The first-order valence-corrected chi connectivity index (χ1v) is 7.87. The average molecular weight is 335 g/mol. The molecule has 0 aliphatic heterocycles. The molecule has 0 aliphatic rings. The number of Topliss-reactive ketones (excluding diaryl/α,β-unsaturated/α-hetero) is 1. The number of ketones is 1. The third kappa shape index (κ3) is 7.26. The zero-order valence-electron chi connectivity index (χ0n) is 14.5. The predicted octanol–water partition coefficient (Wildman–Crippen LogP) is 2.80. The first-order valence-electron chi connectivity index (χ1n) is 7.87. The Labute approximate surface area is 142 Å². The molecule has 0 bridgehead atoms. The molecule has 0 unspecified atom stereocenters. The molecule has 2 N–H and O–H groups in total. The van der Waals surface area contributed by atoms with E-state index in [0.717, 1.165) is 5.56 Å². The van der Waals surface area contributed by atoms with Gasteiger partial charge in [-0.2, -0.15) is 0 Å². The van der Waals surface area contributed by atoms with Gasteiger partial charge in [0, 0.05) is 6.42 Å². The van der Waals surface area contributed by atoms with Crippen LogP contribution in [0.4, 0.5) is 4.79 Å². The van der Waals surface area contributed by atoms with E-state index in [2.05, 4.69) is 5.32 Å². The first-order chi connectivity index (χ1) is 11.1. The molecule has 1 aromatic carbocycles. The van der Waals surface area contributed by atoms with E-state index in [1.54, 1.807) is 20.8 Å². The smallest absolute Gasteiger partial charge is 0.408 e. The van der Waals surface area contributed by atoms with Crippen molar-refractivity contribution >= 4 is 17.8 Å². The molecule has 0 fully saturated rings. The fraction of sp³-hybridized carbons (Fsp3) is 0.500. The summed E-state index contributed by atoms with van der Waals surface area (Å²) in [6.45, 7) is 6.65. The second-order valence-electron chi connectivity index (χ2n) is 6.80. The van der Waals surface area contributed by atoms with Crippen molar-refractivity contribution in [2.75, 3.05) is 0 Å². The molecule has 24 heavy (non-hydrogen) atoms. The van der Waals surface area contributed by atoms with E-state index in [9.17, 15) is 14.4 Å². The maximum Gasteiger partial charge on any atom is 0.408 e. The molecule has 6 heteroatoms. The van der Waals surface area contributed by atoms with Crippen LogP contribution in [-0.4, -0.2) is 34.6 Å². The lowest BCUT2D eigenvalue weighted by molar-refractivity contribution is -0.143. The van der Waals surface area contributed by atoms with Crippen LogP contribution in [0.3, 0.4) is 0 Å². The van der Waals surface area contributed by atoms with Crippen molar-refractivity contribution in [2.45, 2.75) is 52.2 Å². The molecule has 0 saturated carbocycles. The minimum atomic E-state index is -1.04. The van der Waals surface area contributed by atoms with Gasteiger partial charge < -0.3 is 15.2 Å². The number of rotatable bonds is 7. The maximum absolute atomic E-state index is 12.4. The third-order valence-electron chi connectivity index (χ3n) is 3.29. The molecule has 0 aromatic heterocycles. The van der Waals surface area contributed by atoms with Crippen molar-refractivity contribution in [2.24, 2.45) is 5.92 Å². The molecule has 0 radical (unpaired) electrons. The van der Waals surface area contributed by atoms with Gasteiger partial charge in [-0.3, -0.25) is 9.59 Å². The third-order valence-corrected chi connectivity index (χ3v) is 3.29. The van der Waals surface area contributed by atoms with Gasteiger partial charge in [-0.15, -0.1) is 0 Å². The lowest BCUT2D eigenvalue weighted by Gasteiger charge is -2.23. The summed E-state index contributed by atoms with van der Waals surface area (Å²) in [6.07, 6.45) is -0.562. The van der Waals surface area contributed by atoms with Gasteiger partial charge in [-0.05, 0) is 32.8 Å². The largest absolute Gasteiger partial charge is 0.481 e. The number of alkyl carbamates (subject to hydrolysis) is 1. The van der Waals surface area contributed by atoms with Crippen LogP contribution >= 0.6 is 0 Å². The molecular weight excluding hydrogens is 310 g/mol. The van der Waals surface area contributed by atoms with Crippen LogP contribution < -0.4 is 5.32 Å². The maximum atomic E-state index is 12.4. The molecule has 1 amide bonds. The summed E-state index contributed by atoms with van der Waals surface area (Å²) in [5.74, 6) is -2.19. The van der Waals surface area contributed by atoms with Crippen LogP contribution in [0.15, 0.2) is 30.3 Å². The number of ether oxygens (including phenoxy) is 1. The molecule has 2 atom stereocenters. The van der Waals surface area contributed by atoms with Gasteiger partial charge in [0.15, 0.2) is 5.78 Å². The summed E-state index contributed by atoms with van der Waals surface area (Å²) in [5, 5.41) is 11.5. The highest BCUT2D eigenvalue weighted by Crippen LogP contribution is 2.12. The second-order valence-corrected chi connectivity index (χ2v) is 6.80. The van der Waals surface area contributed by atoms with Gasteiger partial charge >= 0.3 is 12.1 Å². The van der Waals surface area contributed by atoms with Crippen LogP contribution in [0.2, 0.25) is 0 Å². The SMILES string of the molecule is C[C@H](CC(=O)[C@H](Cc1ccccc1)NC(=O)OC(C)(C)C)C(=O)O. The standard InChI is InChI=1S/C18H25NO5/c1-12(16(21)22)10-15(20)14(11-13-8-6-5-7-9-13)19-17(23)24-18(2,3)4/h5-9,12,14H,10-11H2,1-4H3,(H,19,23)(H,21,22)/t12-,14+/m1/s1. The van der Waals surface area contributed by atoms with E-state index >= 15 is 0 Å². The van der Waals surface area contributed by atoms with Crippen molar-refractivity contribution in [3.05, 3.63) is 35.9 Å². The number of benzene rings is 1. The fourth-order valence-corrected chi connectivity index (χ4v) is 2.08. The van der Waals surface area contributed by atoms with Crippen molar-refractivity contribution in [1.82, 2.24) is 5.32 Å². The number of carbonyl (C=O) groups is 3. The normalized spacial score (nSPS) is 13.7. The van der Waals surface area contributed by atoms with E-state index in [-0.39, 0.29) is 18.6 Å². The summed E-state index contributed by atoms with van der Waals surface area (Å²) >= 11 is 0. The summed E-state index contributed by atoms with van der Waals surface area (Å²) in [6, 6.07) is 8.39. The van der Waals surface area contributed by atoms with E-state index < -0.39 is 29.6 Å². The van der Waals surface area contributed by atoms with Crippen molar-refractivity contribution in [3.8, 4) is 0 Å².